The SMILES string of the molecule is [2H]C([2H])([2H])Oc1ccc2c3c1O[C@H]1C[C@@H](OC(=O)c4ccccc4)C=C[C@@]31CCN(C)C2. The minimum absolute atomic E-state index is 0.230. The van der Waals surface area contributed by atoms with E-state index in [4.69, 9.17) is 18.3 Å². The van der Waals surface area contributed by atoms with Crippen LogP contribution in [0, 0.1) is 0 Å². The Morgan fingerprint density at radius 1 is 1.28 bits per heavy atom. The van der Waals surface area contributed by atoms with E-state index in [1.807, 2.05) is 18.2 Å². The molecule has 0 saturated heterocycles. The monoisotopic (exact) mass is 394 g/mol. The standard InChI is InChI=1S/C24H25NO4/c1-25-13-12-24-11-10-18(28-23(26)16-6-4-3-5-7-16)14-20(24)29-22-19(27-2)9-8-17(15-25)21(22)24/h3-11,18,20H,12-15H2,1-2H3/t18-,20-,24-/m0/s1/i2D3. The lowest BCUT2D eigenvalue weighted by Crippen LogP contribution is -2.43. The van der Waals surface area contributed by atoms with Gasteiger partial charge in [0.2, 0.25) is 0 Å². The Hall–Kier alpha value is -2.79. The van der Waals surface area contributed by atoms with Crippen LogP contribution in [0.5, 0.6) is 11.5 Å². The lowest BCUT2D eigenvalue weighted by molar-refractivity contribution is 0.0218. The van der Waals surface area contributed by atoms with Crippen LogP contribution in [0.1, 0.15) is 38.4 Å². The Bertz CT molecular complexity index is 1070. The van der Waals surface area contributed by atoms with Gasteiger partial charge in [0.25, 0.3) is 0 Å². The molecule has 2 aromatic carbocycles. The average molecular weight is 394 g/mol. The molecular weight excluding hydrogens is 366 g/mol. The van der Waals surface area contributed by atoms with Crippen LogP contribution in [-0.2, 0) is 16.7 Å². The number of carbonyl (C=O) groups excluding carboxylic acids is 1. The zero-order valence-electron chi connectivity index (χ0n) is 19.3. The second kappa shape index (κ2) is 6.92. The van der Waals surface area contributed by atoms with Crippen molar-refractivity contribution in [2.45, 2.75) is 37.0 Å². The van der Waals surface area contributed by atoms with Gasteiger partial charge in [-0.15, -0.1) is 0 Å². The summed E-state index contributed by atoms with van der Waals surface area (Å²) >= 11 is 0. The van der Waals surface area contributed by atoms with E-state index in [0.29, 0.717) is 17.7 Å². The fourth-order valence-corrected chi connectivity index (χ4v) is 4.85. The third-order valence-electron chi connectivity index (χ3n) is 6.29. The first-order chi connectivity index (χ1) is 15.2. The summed E-state index contributed by atoms with van der Waals surface area (Å²) in [5.74, 6) is 0.353. The zero-order valence-corrected chi connectivity index (χ0v) is 16.3. The molecule has 5 nitrogen and oxygen atoms in total. The summed E-state index contributed by atoms with van der Waals surface area (Å²) in [7, 11) is -0.496. The van der Waals surface area contributed by atoms with E-state index in [2.05, 4.69) is 18.0 Å². The summed E-state index contributed by atoms with van der Waals surface area (Å²) in [6, 6.07) is 12.5. The number of ether oxygens (including phenoxy) is 3. The third kappa shape index (κ3) is 2.92. The maximum absolute atomic E-state index is 12.6. The molecule has 0 saturated carbocycles. The van der Waals surface area contributed by atoms with Gasteiger partial charge in [0.15, 0.2) is 11.5 Å². The molecule has 150 valence electrons. The zero-order chi connectivity index (χ0) is 22.5. The van der Waals surface area contributed by atoms with Crippen molar-refractivity contribution in [1.29, 1.82) is 0 Å². The van der Waals surface area contributed by atoms with Crippen molar-refractivity contribution in [3.8, 4) is 11.5 Å². The molecule has 0 fully saturated rings. The Kier molecular flexibility index (Phi) is 3.60. The summed E-state index contributed by atoms with van der Waals surface area (Å²) in [5.41, 5.74) is 2.20. The van der Waals surface area contributed by atoms with Crippen LogP contribution in [0.3, 0.4) is 0 Å². The smallest absolute Gasteiger partial charge is 0.338 e. The molecule has 2 heterocycles. The van der Waals surface area contributed by atoms with Crippen LogP contribution in [-0.4, -0.2) is 43.7 Å². The summed E-state index contributed by atoms with van der Waals surface area (Å²) in [4.78, 5) is 14.8. The Morgan fingerprint density at radius 2 is 2.14 bits per heavy atom. The van der Waals surface area contributed by atoms with Crippen LogP contribution in [0.25, 0.3) is 0 Å². The van der Waals surface area contributed by atoms with Gasteiger partial charge >= 0.3 is 5.97 Å². The van der Waals surface area contributed by atoms with E-state index in [1.165, 1.54) is 0 Å². The topological polar surface area (TPSA) is 48.0 Å². The molecule has 5 heteroatoms. The molecule has 0 bridgehead atoms. The Balaban J connectivity index is 1.49. The van der Waals surface area contributed by atoms with E-state index in [0.717, 1.165) is 30.6 Å². The van der Waals surface area contributed by atoms with E-state index in [-0.39, 0.29) is 17.8 Å². The van der Waals surface area contributed by atoms with Crippen LogP contribution in [0.4, 0.5) is 0 Å². The van der Waals surface area contributed by atoms with Crippen molar-refractivity contribution in [3.63, 3.8) is 0 Å². The number of esters is 1. The molecule has 5 rings (SSSR count). The maximum atomic E-state index is 12.6. The van der Waals surface area contributed by atoms with Gasteiger partial charge in [0, 0.05) is 18.5 Å². The van der Waals surface area contributed by atoms with Crippen molar-refractivity contribution in [2.75, 3.05) is 20.6 Å². The number of rotatable bonds is 3. The molecule has 2 aliphatic heterocycles. The molecule has 1 aliphatic carbocycles. The van der Waals surface area contributed by atoms with Crippen molar-refractivity contribution < 1.29 is 23.1 Å². The lowest BCUT2D eigenvalue weighted by atomic mass is 9.69. The minimum atomic E-state index is -2.57. The maximum Gasteiger partial charge on any atom is 0.338 e. The molecule has 0 unspecified atom stereocenters. The molecule has 1 spiro atoms. The molecule has 0 N–H and O–H groups in total. The van der Waals surface area contributed by atoms with Crippen LogP contribution in [0.2, 0.25) is 0 Å². The second-order valence-corrected chi connectivity index (χ2v) is 8.07. The predicted octanol–water partition coefficient (Wildman–Crippen LogP) is 3.72. The number of benzene rings is 2. The number of hydrogen-bond acceptors (Lipinski definition) is 5. The third-order valence-corrected chi connectivity index (χ3v) is 6.29. The van der Waals surface area contributed by atoms with Gasteiger partial charge < -0.3 is 19.1 Å². The first kappa shape index (κ1) is 15.1. The van der Waals surface area contributed by atoms with Crippen LogP contribution in [0.15, 0.2) is 54.6 Å². The van der Waals surface area contributed by atoms with Crippen molar-refractivity contribution in [2.24, 2.45) is 0 Å². The van der Waals surface area contributed by atoms with Gasteiger partial charge in [-0.3, -0.25) is 0 Å². The summed E-state index contributed by atoms with van der Waals surface area (Å²) < 4.78 is 40.0. The molecule has 29 heavy (non-hydrogen) atoms. The molecule has 0 aromatic heterocycles. The first-order valence-corrected chi connectivity index (χ1v) is 9.91. The Morgan fingerprint density at radius 3 is 2.97 bits per heavy atom. The van der Waals surface area contributed by atoms with Gasteiger partial charge in [-0.05, 0) is 49.9 Å². The highest BCUT2D eigenvalue weighted by Crippen LogP contribution is 2.55. The van der Waals surface area contributed by atoms with Crippen LogP contribution < -0.4 is 9.47 Å². The molecule has 0 amide bonds. The number of hydrogen-bond donors (Lipinski definition) is 0. The van der Waals surface area contributed by atoms with Crippen molar-refractivity contribution >= 4 is 5.97 Å². The number of methoxy groups -OCH3 is 1. The average Bonchev–Trinajstić information content (AvgIpc) is 3.01. The quantitative estimate of drug-likeness (QED) is 0.587. The highest BCUT2D eigenvalue weighted by molar-refractivity contribution is 5.89. The van der Waals surface area contributed by atoms with E-state index >= 15 is 0 Å². The van der Waals surface area contributed by atoms with E-state index < -0.39 is 18.6 Å². The fourth-order valence-electron chi connectivity index (χ4n) is 4.85. The van der Waals surface area contributed by atoms with Gasteiger partial charge in [0.1, 0.15) is 12.2 Å². The summed E-state index contributed by atoms with van der Waals surface area (Å²) in [5, 5.41) is 0. The van der Waals surface area contributed by atoms with Gasteiger partial charge in [0.05, 0.1) is 22.1 Å². The van der Waals surface area contributed by atoms with E-state index in [1.54, 1.807) is 30.3 Å². The van der Waals surface area contributed by atoms with Gasteiger partial charge in [-0.25, -0.2) is 4.79 Å². The first-order valence-electron chi connectivity index (χ1n) is 11.4. The normalized spacial score (nSPS) is 29.3. The second-order valence-electron chi connectivity index (χ2n) is 8.07. The molecule has 2 aromatic rings. The summed E-state index contributed by atoms with van der Waals surface area (Å²) in [6.45, 7) is 1.61. The highest BCUT2D eigenvalue weighted by atomic mass is 16.6. The van der Waals surface area contributed by atoms with Gasteiger partial charge in [-0.2, -0.15) is 0 Å². The van der Waals surface area contributed by atoms with Crippen molar-refractivity contribution in [1.82, 2.24) is 4.90 Å². The fraction of sp³-hybridized carbons (Fsp3) is 0.375. The van der Waals surface area contributed by atoms with Crippen molar-refractivity contribution in [3.05, 3.63) is 71.3 Å². The predicted molar refractivity (Wildman–Crippen MR) is 109 cm³/mol. The number of nitrogens with zero attached hydrogens (tertiary/aromatic N) is 1. The largest absolute Gasteiger partial charge is 0.493 e. The number of carbonyl (C=O) groups is 1. The van der Waals surface area contributed by atoms with Gasteiger partial charge in [-0.1, -0.05) is 30.3 Å². The molecule has 3 atom stereocenters. The summed E-state index contributed by atoms with van der Waals surface area (Å²) in [6.07, 6.45) is 4.65. The minimum Gasteiger partial charge on any atom is -0.493 e. The molecule has 3 aliphatic rings. The lowest BCUT2D eigenvalue weighted by Gasteiger charge is -2.36. The highest BCUT2D eigenvalue weighted by Gasteiger charge is 2.53. The molecule has 0 radical (unpaired) electrons. The Labute approximate surface area is 175 Å². The van der Waals surface area contributed by atoms with Crippen LogP contribution >= 0.6 is 0 Å². The van der Waals surface area contributed by atoms with E-state index in [9.17, 15) is 4.79 Å². The molecular formula is C24H25NO4.